The first-order valence-corrected chi connectivity index (χ1v) is 11.4. The molecule has 2 atom stereocenters. The van der Waals surface area contributed by atoms with Crippen LogP contribution in [0.15, 0.2) is 16.9 Å². The summed E-state index contributed by atoms with van der Waals surface area (Å²) >= 11 is 6.32. The summed E-state index contributed by atoms with van der Waals surface area (Å²) in [7, 11) is 0. The van der Waals surface area contributed by atoms with Gasteiger partial charge in [-0.2, -0.15) is 0 Å². The van der Waals surface area contributed by atoms with Crippen molar-refractivity contribution in [3.63, 3.8) is 0 Å². The quantitative estimate of drug-likeness (QED) is 0.437. The Morgan fingerprint density at radius 2 is 2.12 bits per heavy atom. The van der Waals surface area contributed by atoms with Crippen LogP contribution in [0.25, 0.3) is 22.3 Å². The van der Waals surface area contributed by atoms with E-state index < -0.39 is 17.4 Å². The SMILES string of the molecule is CC[C@@]1(O)C(=O)OCc2c1cc1n(c2=O)Cc2c-1nc1cc(F)c(Cl)c3c1c2[C@H](CN)CC3. The van der Waals surface area contributed by atoms with Crippen LogP contribution in [0, 0.1) is 5.82 Å². The molecule has 0 radical (unpaired) electrons. The normalized spacial score (nSPS) is 22.7. The maximum absolute atomic E-state index is 14.6. The number of nitrogens with two attached hydrogens (primary N) is 1. The van der Waals surface area contributed by atoms with E-state index >= 15 is 0 Å². The number of aromatic nitrogens is 2. The van der Waals surface area contributed by atoms with Crippen LogP contribution in [0.2, 0.25) is 5.02 Å². The minimum absolute atomic E-state index is 0.0235. The fraction of sp³-hybridized carbons (Fsp3) is 0.375. The number of halogens is 2. The van der Waals surface area contributed by atoms with Gasteiger partial charge in [0.1, 0.15) is 12.4 Å². The van der Waals surface area contributed by atoms with Crippen molar-refractivity contribution in [2.24, 2.45) is 5.73 Å². The molecule has 0 saturated heterocycles. The Morgan fingerprint density at radius 1 is 1.33 bits per heavy atom. The molecular formula is C24H21ClFN3O4. The van der Waals surface area contributed by atoms with E-state index in [1.165, 1.54) is 6.07 Å². The number of benzene rings is 1. The van der Waals surface area contributed by atoms with Crippen molar-refractivity contribution < 1.29 is 19.0 Å². The number of aryl methyl sites for hydroxylation is 1. The third kappa shape index (κ3) is 2.54. The molecule has 0 spiro atoms. The van der Waals surface area contributed by atoms with Gasteiger partial charge in [0.25, 0.3) is 5.56 Å². The molecule has 4 heterocycles. The Kier molecular flexibility index (Phi) is 4.31. The van der Waals surface area contributed by atoms with E-state index in [1.807, 2.05) is 0 Å². The molecule has 2 aromatic heterocycles. The van der Waals surface area contributed by atoms with Gasteiger partial charge in [0, 0.05) is 22.6 Å². The highest BCUT2D eigenvalue weighted by atomic mass is 35.5. The number of fused-ring (bicyclic) bond motifs is 5. The molecule has 33 heavy (non-hydrogen) atoms. The van der Waals surface area contributed by atoms with Crippen LogP contribution in [0.3, 0.4) is 0 Å². The van der Waals surface area contributed by atoms with E-state index in [4.69, 9.17) is 27.1 Å². The summed E-state index contributed by atoms with van der Waals surface area (Å²) in [6, 6.07) is 2.98. The molecule has 2 aliphatic heterocycles. The first kappa shape index (κ1) is 20.8. The van der Waals surface area contributed by atoms with Crippen molar-refractivity contribution in [1.29, 1.82) is 0 Å². The van der Waals surface area contributed by atoms with Crippen LogP contribution in [0.1, 0.15) is 53.5 Å². The largest absolute Gasteiger partial charge is 0.458 e. The van der Waals surface area contributed by atoms with Crippen LogP contribution in [-0.2, 0) is 34.7 Å². The number of carbonyl (C=O) groups excluding carboxylic acids is 1. The fourth-order valence-electron chi connectivity index (χ4n) is 5.69. The molecule has 0 amide bonds. The van der Waals surface area contributed by atoms with Crippen molar-refractivity contribution in [2.45, 2.75) is 50.9 Å². The molecule has 0 bridgehead atoms. The summed E-state index contributed by atoms with van der Waals surface area (Å²) < 4.78 is 21.3. The zero-order valence-electron chi connectivity index (χ0n) is 17.9. The molecule has 0 saturated carbocycles. The minimum atomic E-state index is -1.90. The number of aliphatic hydroxyl groups is 1. The Labute approximate surface area is 192 Å². The second kappa shape index (κ2) is 6.85. The predicted octanol–water partition coefficient (Wildman–Crippen LogP) is 2.86. The predicted molar refractivity (Wildman–Crippen MR) is 120 cm³/mol. The molecule has 7 nitrogen and oxygen atoms in total. The van der Waals surface area contributed by atoms with Crippen LogP contribution in [-0.4, -0.2) is 27.2 Å². The summed E-state index contributed by atoms with van der Waals surface area (Å²) in [6.45, 7) is 2.15. The summed E-state index contributed by atoms with van der Waals surface area (Å²) in [5, 5.41) is 12.0. The lowest BCUT2D eigenvalue weighted by Crippen LogP contribution is -2.44. The molecule has 6 rings (SSSR count). The Balaban J connectivity index is 1.70. The second-order valence-electron chi connectivity index (χ2n) is 8.97. The molecule has 3 aliphatic rings. The third-order valence-electron chi connectivity index (χ3n) is 7.45. The van der Waals surface area contributed by atoms with E-state index in [-0.39, 0.29) is 47.2 Å². The second-order valence-corrected chi connectivity index (χ2v) is 9.35. The fourth-order valence-corrected chi connectivity index (χ4v) is 5.93. The van der Waals surface area contributed by atoms with Gasteiger partial charge >= 0.3 is 5.97 Å². The number of cyclic esters (lactones) is 1. The van der Waals surface area contributed by atoms with Gasteiger partial charge in [0.15, 0.2) is 5.60 Å². The van der Waals surface area contributed by atoms with Gasteiger partial charge in [-0.15, -0.1) is 0 Å². The van der Waals surface area contributed by atoms with Crippen molar-refractivity contribution >= 4 is 28.5 Å². The number of ether oxygens (including phenoxy) is 1. The monoisotopic (exact) mass is 469 g/mol. The van der Waals surface area contributed by atoms with Gasteiger partial charge in [-0.25, -0.2) is 14.2 Å². The number of hydrogen-bond donors (Lipinski definition) is 2. The topological polar surface area (TPSA) is 107 Å². The van der Waals surface area contributed by atoms with Crippen LogP contribution < -0.4 is 11.3 Å². The average molecular weight is 470 g/mol. The first-order chi connectivity index (χ1) is 15.8. The lowest BCUT2D eigenvalue weighted by molar-refractivity contribution is -0.172. The van der Waals surface area contributed by atoms with Gasteiger partial charge in [-0.05, 0) is 48.9 Å². The highest BCUT2D eigenvalue weighted by Crippen LogP contribution is 2.47. The van der Waals surface area contributed by atoms with Crippen LogP contribution in [0.4, 0.5) is 4.39 Å². The highest BCUT2D eigenvalue weighted by Gasteiger charge is 2.45. The number of rotatable bonds is 2. The van der Waals surface area contributed by atoms with Crippen LogP contribution >= 0.6 is 11.6 Å². The number of pyridine rings is 2. The molecule has 0 fully saturated rings. The van der Waals surface area contributed by atoms with E-state index in [1.54, 1.807) is 17.6 Å². The Bertz CT molecular complexity index is 1470. The van der Waals surface area contributed by atoms with E-state index in [9.17, 15) is 19.1 Å². The zero-order chi connectivity index (χ0) is 23.2. The van der Waals surface area contributed by atoms with Gasteiger partial charge in [-0.3, -0.25) is 4.79 Å². The Hall–Kier alpha value is -2.81. The van der Waals surface area contributed by atoms with Gasteiger partial charge in [-0.1, -0.05) is 18.5 Å². The summed E-state index contributed by atoms with van der Waals surface area (Å²) in [4.78, 5) is 30.6. The lowest BCUT2D eigenvalue weighted by Gasteiger charge is -2.31. The molecule has 1 aromatic carbocycles. The van der Waals surface area contributed by atoms with Gasteiger partial charge in [0.2, 0.25) is 0 Å². The third-order valence-corrected chi connectivity index (χ3v) is 7.85. The standard InChI is InChI=1S/C24H21ClFN3O4/c1-2-24(32)14-5-17-21-12(8-29(17)22(30)13(14)9-33-23(24)31)18-10(7-27)3-4-11-19(18)16(28-21)6-15(26)20(11)25/h5-6,10,32H,2-4,7-9,27H2,1H3/t10-,24-/m0/s1. The molecule has 9 heteroatoms. The van der Waals surface area contributed by atoms with Crippen molar-refractivity contribution in [3.8, 4) is 11.4 Å². The van der Waals surface area contributed by atoms with Gasteiger partial charge < -0.3 is 20.1 Å². The number of esters is 1. The first-order valence-electron chi connectivity index (χ1n) is 11.0. The Morgan fingerprint density at radius 3 is 2.85 bits per heavy atom. The maximum Gasteiger partial charge on any atom is 0.343 e. The van der Waals surface area contributed by atoms with Crippen molar-refractivity contribution in [2.75, 3.05) is 6.54 Å². The molecule has 1 aliphatic carbocycles. The number of hydrogen-bond acceptors (Lipinski definition) is 6. The molecule has 170 valence electrons. The zero-order valence-corrected chi connectivity index (χ0v) is 18.6. The smallest absolute Gasteiger partial charge is 0.343 e. The van der Waals surface area contributed by atoms with Crippen LogP contribution in [0.5, 0.6) is 0 Å². The van der Waals surface area contributed by atoms with Crippen molar-refractivity contribution in [1.82, 2.24) is 9.55 Å². The van der Waals surface area contributed by atoms with E-state index in [0.717, 1.165) is 28.5 Å². The summed E-state index contributed by atoms with van der Waals surface area (Å²) in [6.07, 6.45) is 1.39. The van der Waals surface area contributed by atoms with E-state index in [0.29, 0.717) is 29.9 Å². The number of nitrogens with zero attached hydrogens (tertiary/aromatic N) is 2. The maximum atomic E-state index is 14.6. The highest BCUT2D eigenvalue weighted by molar-refractivity contribution is 6.32. The summed E-state index contributed by atoms with van der Waals surface area (Å²) in [5.74, 6) is -1.28. The molecular weight excluding hydrogens is 449 g/mol. The lowest BCUT2D eigenvalue weighted by atomic mass is 9.79. The van der Waals surface area contributed by atoms with Gasteiger partial charge in [0.05, 0.1) is 34.0 Å². The minimum Gasteiger partial charge on any atom is -0.458 e. The number of carbonyl (C=O) groups is 1. The summed E-state index contributed by atoms with van der Waals surface area (Å²) in [5.41, 5.74) is 8.43. The molecule has 3 aromatic rings. The van der Waals surface area contributed by atoms with Crippen molar-refractivity contribution in [3.05, 3.63) is 61.1 Å². The average Bonchev–Trinajstić information content (AvgIpc) is 3.18. The molecule has 3 N–H and O–H groups in total. The molecule has 0 unspecified atom stereocenters. The van der Waals surface area contributed by atoms with E-state index in [2.05, 4.69) is 0 Å².